The van der Waals surface area contributed by atoms with Gasteiger partial charge < -0.3 is 14.9 Å². The lowest BCUT2D eigenvalue weighted by molar-refractivity contribution is 0.0942. The largest absolute Gasteiger partial charge is 0.350 e. The van der Waals surface area contributed by atoms with Crippen molar-refractivity contribution in [1.29, 1.82) is 0 Å². The van der Waals surface area contributed by atoms with Crippen molar-refractivity contribution in [3.8, 4) is 0 Å². The number of carbonyl (C=O) groups excluding carboxylic acids is 1. The van der Waals surface area contributed by atoms with Crippen LogP contribution < -0.4 is 10.9 Å². The Morgan fingerprint density at radius 2 is 2.21 bits per heavy atom. The predicted molar refractivity (Wildman–Crippen MR) is 88.6 cm³/mol. The van der Waals surface area contributed by atoms with E-state index >= 15 is 0 Å². The van der Waals surface area contributed by atoms with Crippen LogP contribution in [0.15, 0.2) is 35.8 Å². The molecule has 3 aromatic rings. The molecule has 3 rings (SSSR count). The normalized spacial score (nSPS) is 12.2. The van der Waals surface area contributed by atoms with Crippen molar-refractivity contribution in [2.75, 3.05) is 6.54 Å². The summed E-state index contributed by atoms with van der Waals surface area (Å²) in [7, 11) is 0. The van der Waals surface area contributed by atoms with Crippen molar-refractivity contribution in [2.24, 2.45) is 5.92 Å². The highest BCUT2D eigenvalue weighted by molar-refractivity contribution is 5.95. The maximum absolute atomic E-state index is 12.2. The second-order valence-electron chi connectivity index (χ2n) is 5.76. The number of amides is 1. The van der Waals surface area contributed by atoms with E-state index < -0.39 is 0 Å². The molecule has 0 aromatic carbocycles. The molecule has 1 unspecified atom stereocenters. The lowest BCUT2D eigenvalue weighted by atomic mass is 10.1. The minimum Gasteiger partial charge on any atom is -0.350 e. The molecular weight excluding hydrogens is 308 g/mol. The molecule has 8 nitrogen and oxygen atoms in total. The first-order chi connectivity index (χ1) is 11.5. The van der Waals surface area contributed by atoms with Crippen LogP contribution in [0.5, 0.6) is 0 Å². The van der Waals surface area contributed by atoms with Crippen molar-refractivity contribution in [1.82, 2.24) is 29.8 Å². The molecule has 0 aliphatic carbocycles. The number of aryl methyl sites for hydroxylation is 1. The highest BCUT2D eigenvalue weighted by Gasteiger charge is 2.12. The molecule has 0 aliphatic heterocycles. The quantitative estimate of drug-likeness (QED) is 0.724. The van der Waals surface area contributed by atoms with Gasteiger partial charge in [-0.3, -0.25) is 9.59 Å². The molecule has 3 heterocycles. The first-order valence-electron chi connectivity index (χ1n) is 7.64. The third kappa shape index (κ3) is 3.32. The predicted octanol–water partition coefficient (Wildman–Crippen LogP) is 0.889. The molecule has 0 spiro atoms. The number of nitrogens with one attached hydrogen (secondary N) is 2. The van der Waals surface area contributed by atoms with Gasteiger partial charge in [0.2, 0.25) is 0 Å². The van der Waals surface area contributed by atoms with Gasteiger partial charge in [-0.25, -0.2) is 15.0 Å². The highest BCUT2D eigenvalue weighted by atomic mass is 16.2. The number of imidazole rings is 1. The summed E-state index contributed by atoms with van der Waals surface area (Å²) in [6, 6.07) is 1.46. The topological polar surface area (TPSA) is 106 Å². The summed E-state index contributed by atoms with van der Waals surface area (Å²) in [6.07, 6.45) is 6.41. The van der Waals surface area contributed by atoms with Crippen LogP contribution in [0.4, 0.5) is 0 Å². The third-order valence-electron chi connectivity index (χ3n) is 3.80. The molecular formula is C16H18N6O2. The Morgan fingerprint density at radius 1 is 1.38 bits per heavy atom. The number of hydrogen-bond acceptors (Lipinski definition) is 5. The average Bonchev–Trinajstić information content (AvgIpc) is 2.97. The maximum atomic E-state index is 12.2. The number of nitrogens with zero attached hydrogens (tertiary/aromatic N) is 4. The average molecular weight is 326 g/mol. The van der Waals surface area contributed by atoms with Gasteiger partial charge in [-0.2, -0.15) is 0 Å². The van der Waals surface area contributed by atoms with E-state index in [-0.39, 0.29) is 23.1 Å². The van der Waals surface area contributed by atoms with E-state index in [2.05, 4.69) is 25.3 Å². The molecule has 0 radical (unpaired) electrons. The Labute approximate surface area is 138 Å². The van der Waals surface area contributed by atoms with Crippen LogP contribution in [-0.2, 0) is 6.54 Å². The molecule has 1 atom stereocenters. The summed E-state index contributed by atoms with van der Waals surface area (Å²) in [6.45, 7) is 5.25. The molecule has 0 aliphatic rings. The minimum atomic E-state index is -0.311. The zero-order valence-corrected chi connectivity index (χ0v) is 13.5. The Hall–Kier alpha value is -3.03. The minimum absolute atomic E-state index is 0.201. The number of H-pyrrole nitrogens is 1. The van der Waals surface area contributed by atoms with Gasteiger partial charge in [0.05, 0.1) is 23.4 Å². The second kappa shape index (κ2) is 6.61. The number of carbonyl (C=O) groups is 1. The van der Waals surface area contributed by atoms with Gasteiger partial charge in [0.25, 0.3) is 11.5 Å². The molecule has 0 saturated heterocycles. The van der Waals surface area contributed by atoms with Crippen molar-refractivity contribution in [3.05, 3.63) is 52.9 Å². The standard InChI is InChI=1S/C16H18N6O2/c1-10(8-22-4-3-17-11(22)2)6-19-16(24)13-5-12-14(7-18-13)20-9-21-15(12)23/h3-5,7,9-10H,6,8H2,1-2H3,(H,19,24)(H,20,21,23). The summed E-state index contributed by atoms with van der Waals surface area (Å²) >= 11 is 0. The van der Waals surface area contributed by atoms with Crippen LogP contribution in [0.25, 0.3) is 10.9 Å². The number of aromatic nitrogens is 5. The van der Waals surface area contributed by atoms with Crippen LogP contribution >= 0.6 is 0 Å². The summed E-state index contributed by atoms with van der Waals surface area (Å²) in [5.74, 6) is 0.859. The molecule has 2 N–H and O–H groups in total. The monoisotopic (exact) mass is 326 g/mol. The van der Waals surface area contributed by atoms with E-state index in [0.717, 1.165) is 12.4 Å². The molecule has 24 heavy (non-hydrogen) atoms. The zero-order chi connectivity index (χ0) is 17.1. The van der Waals surface area contributed by atoms with Crippen LogP contribution in [-0.4, -0.2) is 37.0 Å². The maximum Gasteiger partial charge on any atom is 0.269 e. The smallest absolute Gasteiger partial charge is 0.269 e. The third-order valence-corrected chi connectivity index (χ3v) is 3.80. The van der Waals surface area contributed by atoms with E-state index in [1.165, 1.54) is 18.6 Å². The van der Waals surface area contributed by atoms with Gasteiger partial charge in [0.1, 0.15) is 11.5 Å². The SMILES string of the molecule is Cc1nccn1CC(C)CNC(=O)c1cc2c(=O)[nH]cnc2cn1. The fraction of sp³-hybridized carbons (Fsp3) is 0.312. The van der Waals surface area contributed by atoms with E-state index in [4.69, 9.17) is 0 Å². The summed E-state index contributed by atoms with van der Waals surface area (Å²) in [4.78, 5) is 38.8. The van der Waals surface area contributed by atoms with Gasteiger partial charge in [-0.05, 0) is 18.9 Å². The Bertz CT molecular complexity index is 929. The van der Waals surface area contributed by atoms with E-state index in [1.807, 2.05) is 24.6 Å². The first-order valence-corrected chi connectivity index (χ1v) is 7.64. The number of aromatic amines is 1. The van der Waals surface area contributed by atoms with E-state index in [0.29, 0.717) is 17.4 Å². The molecule has 0 saturated carbocycles. The molecule has 0 fully saturated rings. The summed E-state index contributed by atoms with van der Waals surface area (Å²) in [5, 5.41) is 3.19. The van der Waals surface area contributed by atoms with Gasteiger partial charge >= 0.3 is 0 Å². The van der Waals surface area contributed by atoms with E-state index in [9.17, 15) is 9.59 Å². The number of rotatable bonds is 5. The number of fused-ring (bicyclic) bond motifs is 1. The van der Waals surface area contributed by atoms with Crippen molar-refractivity contribution in [2.45, 2.75) is 20.4 Å². The lowest BCUT2D eigenvalue weighted by Gasteiger charge is -2.14. The second-order valence-corrected chi connectivity index (χ2v) is 5.76. The van der Waals surface area contributed by atoms with Crippen LogP contribution in [0, 0.1) is 12.8 Å². The van der Waals surface area contributed by atoms with Crippen LogP contribution in [0.3, 0.4) is 0 Å². The van der Waals surface area contributed by atoms with Crippen molar-refractivity contribution < 1.29 is 4.79 Å². The van der Waals surface area contributed by atoms with Gasteiger partial charge in [-0.15, -0.1) is 0 Å². The lowest BCUT2D eigenvalue weighted by Crippen LogP contribution is -2.30. The molecule has 8 heteroatoms. The Balaban J connectivity index is 1.65. The van der Waals surface area contributed by atoms with Gasteiger partial charge in [0, 0.05) is 25.5 Å². The Kier molecular flexibility index (Phi) is 4.37. The Morgan fingerprint density at radius 3 is 2.96 bits per heavy atom. The van der Waals surface area contributed by atoms with Crippen LogP contribution in [0.2, 0.25) is 0 Å². The molecule has 3 aromatic heterocycles. The molecule has 0 bridgehead atoms. The fourth-order valence-electron chi connectivity index (χ4n) is 2.45. The van der Waals surface area contributed by atoms with E-state index in [1.54, 1.807) is 6.20 Å². The van der Waals surface area contributed by atoms with Gasteiger partial charge in [-0.1, -0.05) is 6.92 Å². The number of hydrogen-bond donors (Lipinski definition) is 2. The summed E-state index contributed by atoms with van der Waals surface area (Å²) in [5.41, 5.74) is 0.367. The van der Waals surface area contributed by atoms with Crippen molar-refractivity contribution >= 4 is 16.8 Å². The highest BCUT2D eigenvalue weighted by Crippen LogP contribution is 2.07. The summed E-state index contributed by atoms with van der Waals surface area (Å²) < 4.78 is 2.04. The molecule has 124 valence electrons. The molecule has 1 amide bonds. The van der Waals surface area contributed by atoms with Crippen LogP contribution in [0.1, 0.15) is 23.2 Å². The number of pyridine rings is 1. The fourth-order valence-corrected chi connectivity index (χ4v) is 2.45. The van der Waals surface area contributed by atoms with Gasteiger partial charge in [0.15, 0.2) is 0 Å². The zero-order valence-electron chi connectivity index (χ0n) is 13.5. The van der Waals surface area contributed by atoms with Crippen molar-refractivity contribution in [3.63, 3.8) is 0 Å². The first kappa shape index (κ1) is 15.9.